The number of rotatable bonds is 0. The zero-order valence-electron chi connectivity index (χ0n) is 3.77. The summed E-state index contributed by atoms with van der Waals surface area (Å²) in [6.45, 7) is 1.08. The molecule has 1 heterocycles. The van der Waals surface area contributed by atoms with Gasteiger partial charge < -0.3 is 0 Å². The lowest BCUT2D eigenvalue weighted by molar-refractivity contribution is 0.832. The molecule has 0 bridgehead atoms. The molecular formula is C3H8N2S. The summed E-state index contributed by atoms with van der Waals surface area (Å²) in [5.41, 5.74) is 2.91. The van der Waals surface area contributed by atoms with Crippen LogP contribution in [-0.4, -0.2) is 18.6 Å². The van der Waals surface area contributed by atoms with Crippen molar-refractivity contribution in [2.45, 2.75) is 0 Å². The summed E-state index contributed by atoms with van der Waals surface area (Å²) in [5.74, 6) is 1.24. The van der Waals surface area contributed by atoms with Crippen LogP contribution in [0.2, 0.25) is 0 Å². The number of hydrogen-bond acceptors (Lipinski definition) is 2. The molecular weight excluding hydrogens is 96.1 g/mol. The van der Waals surface area contributed by atoms with Crippen LogP contribution in [-0.2, 0) is 10.7 Å². The first-order valence-electron chi connectivity index (χ1n) is 1.96. The molecule has 0 amide bonds. The lowest BCUT2D eigenvalue weighted by Gasteiger charge is -1.77. The smallest absolute Gasteiger partial charge is 0.0276 e. The molecule has 0 saturated carbocycles. The van der Waals surface area contributed by atoms with Crippen molar-refractivity contribution in [3.8, 4) is 0 Å². The molecule has 2 nitrogen and oxygen atoms in total. The first-order chi connectivity index (χ1) is 2.89. The van der Waals surface area contributed by atoms with Crippen LogP contribution >= 0.6 is 0 Å². The number of nitrogens with one attached hydrogen (secondary N) is 1. The van der Waals surface area contributed by atoms with Gasteiger partial charge in [0, 0.05) is 12.3 Å². The molecule has 1 N–H and O–H groups in total. The fraction of sp³-hybridized carbons (Fsp3) is 1.00. The maximum atomic E-state index is 4.01. The molecule has 0 fully saturated rings. The summed E-state index contributed by atoms with van der Waals surface area (Å²) in [7, 11) is 0.341. The van der Waals surface area contributed by atoms with E-state index in [9.17, 15) is 0 Å². The highest BCUT2D eigenvalue weighted by Gasteiger charge is 1.93. The second kappa shape index (κ2) is 1.71. The summed E-state index contributed by atoms with van der Waals surface area (Å²) < 4.78 is 4.01. The minimum absolute atomic E-state index is 0.341. The van der Waals surface area contributed by atoms with E-state index < -0.39 is 0 Å². The van der Waals surface area contributed by atoms with E-state index in [0.717, 1.165) is 6.54 Å². The predicted molar refractivity (Wildman–Crippen MR) is 28.6 cm³/mol. The highest BCUT2D eigenvalue weighted by Crippen LogP contribution is 1.85. The fourth-order valence-corrected chi connectivity index (χ4v) is 1.18. The fourth-order valence-electron chi connectivity index (χ4n) is 0.395. The van der Waals surface area contributed by atoms with E-state index in [0.29, 0.717) is 10.7 Å². The maximum Gasteiger partial charge on any atom is 0.0276 e. The third kappa shape index (κ3) is 0.786. The molecule has 1 atom stereocenters. The Morgan fingerprint density at radius 2 is 2.67 bits per heavy atom. The standard InChI is InChI=1S/C3H8N2S/c1-6-3-2-4-5-6/h4H,2-3H2,1H3. The molecule has 36 valence electrons. The van der Waals surface area contributed by atoms with Crippen molar-refractivity contribution in [3.63, 3.8) is 0 Å². The quantitative estimate of drug-likeness (QED) is 0.457. The summed E-state index contributed by atoms with van der Waals surface area (Å²) in [6.07, 6.45) is 2.14. The highest BCUT2D eigenvalue weighted by atomic mass is 32.2. The van der Waals surface area contributed by atoms with Crippen LogP contribution in [0.15, 0.2) is 4.47 Å². The average Bonchev–Trinajstić information content (AvgIpc) is 1.86. The Hall–Kier alpha value is 0.110. The van der Waals surface area contributed by atoms with Crippen molar-refractivity contribution < 1.29 is 0 Å². The summed E-state index contributed by atoms with van der Waals surface area (Å²) in [4.78, 5) is 0. The second-order valence-electron chi connectivity index (χ2n) is 1.30. The van der Waals surface area contributed by atoms with Gasteiger partial charge in [0.2, 0.25) is 0 Å². The Balaban J connectivity index is 2.45. The molecule has 1 aliphatic rings. The van der Waals surface area contributed by atoms with Crippen LogP contribution in [0.1, 0.15) is 0 Å². The lowest BCUT2D eigenvalue weighted by atomic mass is 10.8. The minimum atomic E-state index is 0.341. The highest BCUT2D eigenvalue weighted by molar-refractivity contribution is 7.86. The van der Waals surface area contributed by atoms with Gasteiger partial charge in [0.15, 0.2) is 0 Å². The third-order valence-electron chi connectivity index (χ3n) is 0.730. The van der Waals surface area contributed by atoms with Crippen LogP contribution in [0, 0.1) is 0 Å². The maximum absolute atomic E-state index is 4.01. The molecule has 0 radical (unpaired) electrons. The number of hydrogen-bond donors (Lipinski definition) is 1. The Morgan fingerprint density at radius 1 is 1.83 bits per heavy atom. The lowest BCUT2D eigenvalue weighted by Crippen LogP contribution is -2.00. The van der Waals surface area contributed by atoms with Crippen molar-refractivity contribution in [2.24, 2.45) is 4.47 Å². The first-order valence-corrected chi connectivity index (χ1v) is 3.72. The molecule has 1 aliphatic heterocycles. The normalized spacial score (nSPS) is 33.2. The van der Waals surface area contributed by atoms with Crippen LogP contribution in [0.5, 0.6) is 0 Å². The molecule has 3 heteroatoms. The molecule has 0 spiro atoms. The van der Waals surface area contributed by atoms with Crippen molar-refractivity contribution in [1.29, 1.82) is 0 Å². The van der Waals surface area contributed by atoms with Crippen molar-refractivity contribution in [3.05, 3.63) is 0 Å². The summed E-state index contributed by atoms with van der Waals surface area (Å²) >= 11 is 0. The Kier molecular flexibility index (Phi) is 1.22. The Bertz CT molecular complexity index is 78.9. The second-order valence-corrected chi connectivity index (χ2v) is 3.10. The van der Waals surface area contributed by atoms with Gasteiger partial charge in [-0.25, -0.2) is 5.43 Å². The molecule has 1 unspecified atom stereocenters. The molecule has 6 heavy (non-hydrogen) atoms. The Labute approximate surface area is 40.0 Å². The van der Waals surface area contributed by atoms with Gasteiger partial charge in [0.1, 0.15) is 0 Å². The topological polar surface area (TPSA) is 24.4 Å². The van der Waals surface area contributed by atoms with Gasteiger partial charge in [0.25, 0.3) is 0 Å². The van der Waals surface area contributed by atoms with Gasteiger partial charge in [-0.2, -0.15) is 4.47 Å². The van der Waals surface area contributed by atoms with E-state index in [1.54, 1.807) is 0 Å². The molecule has 0 aliphatic carbocycles. The predicted octanol–water partition coefficient (Wildman–Crippen LogP) is -0.0637. The van der Waals surface area contributed by atoms with Crippen LogP contribution in [0.3, 0.4) is 0 Å². The van der Waals surface area contributed by atoms with Gasteiger partial charge in [-0.1, -0.05) is 10.7 Å². The molecule has 1 rings (SSSR count). The van der Waals surface area contributed by atoms with Gasteiger partial charge in [-0.05, 0) is 6.26 Å². The molecule has 0 aromatic rings. The Morgan fingerprint density at radius 3 is 2.83 bits per heavy atom. The van der Waals surface area contributed by atoms with E-state index in [-0.39, 0.29) is 0 Å². The van der Waals surface area contributed by atoms with E-state index in [2.05, 4.69) is 16.2 Å². The van der Waals surface area contributed by atoms with Crippen molar-refractivity contribution in [2.75, 3.05) is 18.6 Å². The monoisotopic (exact) mass is 104 g/mol. The summed E-state index contributed by atoms with van der Waals surface area (Å²) in [6, 6.07) is 0. The molecule has 0 saturated heterocycles. The zero-order valence-corrected chi connectivity index (χ0v) is 4.59. The van der Waals surface area contributed by atoms with Crippen LogP contribution < -0.4 is 5.43 Å². The largest absolute Gasteiger partial charge is 0.207 e. The third-order valence-corrected chi connectivity index (χ3v) is 1.97. The van der Waals surface area contributed by atoms with Gasteiger partial charge in [-0.3, -0.25) is 0 Å². The van der Waals surface area contributed by atoms with Crippen LogP contribution in [0.4, 0.5) is 0 Å². The molecule has 0 aromatic carbocycles. The molecule has 0 aromatic heterocycles. The van der Waals surface area contributed by atoms with E-state index in [4.69, 9.17) is 0 Å². The minimum Gasteiger partial charge on any atom is -0.207 e. The zero-order chi connectivity index (χ0) is 4.41. The average molecular weight is 104 g/mol. The van der Waals surface area contributed by atoms with E-state index in [1.807, 2.05) is 0 Å². The van der Waals surface area contributed by atoms with Gasteiger partial charge >= 0.3 is 0 Å². The summed E-state index contributed by atoms with van der Waals surface area (Å²) in [5, 5.41) is 0. The van der Waals surface area contributed by atoms with E-state index >= 15 is 0 Å². The van der Waals surface area contributed by atoms with Crippen LogP contribution in [0.25, 0.3) is 0 Å². The van der Waals surface area contributed by atoms with Gasteiger partial charge in [0.05, 0.1) is 0 Å². The van der Waals surface area contributed by atoms with Crippen molar-refractivity contribution >= 4 is 10.7 Å². The van der Waals surface area contributed by atoms with Crippen molar-refractivity contribution in [1.82, 2.24) is 5.43 Å². The van der Waals surface area contributed by atoms with E-state index in [1.165, 1.54) is 5.75 Å². The SMILES string of the molecule is CS1=NNCC1. The number of nitrogens with zero attached hydrogens (tertiary/aromatic N) is 1. The van der Waals surface area contributed by atoms with Gasteiger partial charge in [-0.15, -0.1) is 0 Å². The first kappa shape index (κ1) is 4.27.